The van der Waals surface area contributed by atoms with Gasteiger partial charge in [0.1, 0.15) is 5.69 Å². The van der Waals surface area contributed by atoms with Gasteiger partial charge in [-0.25, -0.2) is 18.6 Å². The number of rotatable bonds is 3. The highest BCUT2D eigenvalue weighted by molar-refractivity contribution is 6.31. The number of aromatic nitrogens is 1. The van der Waals surface area contributed by atoms with Gasteiger partial charge in [0, 0.05) is 0 Å². The molecular formula is C8H5Cl2F2NO2. The SMILES string of the molecule is O=C(O)c1cc(Cl)c(C(F)F)c(CCl)n1. The fraction of sp³-hybridized carbons (Fsp3) is 0.250. The normalized spacial score (nSPS) is 10.7. The van der Waals surface area contributed by atoms with Crippen molar-refractivity contribution in [1.82, 2.24) is 4.98 Å². The highest BCUT2D eigenvalue weighted by atomic mass is 35.5. The molecule has 0 amide bonds. The minimum Gasteiger partial charge on any atom is -0.477 e. The van der Waals surface area contributed by atoms with Gasteiger partial charge in [0.15, 0.2) is 0 Å². The lowest BCUT2D eigenvalue weighted by Gasteiger charge is -2.08. The van der Waals surface area contributed by atoms with Crippen molar-refractivity contribution in [1.29, 1.82) is 0 Å². The molecule has 1 aromatic rings. The summed E-state index contributed by atoms with van der Waals surface area (Å²) in [7, 11) is 0. The third-order valence-electron chi connectivity index (χ3n) is 1.65. The Labute approximate surface area is 93.6 Å². The van der Waals surface area contributed by atoms with Crippen molar-refractivity contribution in [2.45, 2.75) is 12.3 Å². The number of carboxylic acids is 1. The Balaban J connectivity index is 3.37. The number of carbonyl (C=O) groups is 1. The molecule has 1 aromatic heterocycles. The standard InChI is InChI=1S/C8H5Cl2F2NO2/c9-2-5-6(7(11)12)3(10)1-4(13-5)8(14)15/h1,7H,2H2,(H,14,15). The summed E-state index contributed by atoms with van der Waals surface area (Å²) in [4.78, 5) is 14.0. The average molecular weight is 256 g/mol. The van der Waals surface area contributed by atoms with E-state index in [9.17, 15) is 13.6 Å². The predicted molar refractivity (Wildman–Crippen MR) is 50.7 cm³/mol. The first kappa shape index (κ1) is 12.1. The molecule has 0 aliphatic heterocycles. The van der Waals surface area contributed by atoms with Crippen LogP contribution in [-0.4, -0.2) is 16.1 Å². The minimum absolute atomic E-state index is 0.212. The Morgan fingerprint density at radius 2 is 2.20 bits per heavy atom. The Morgan fingerprint density at radius 1 is 1.60 bits per heavy atom. The quantitative estimate of drug-likeness (QED) is 0.845. The molecule has 0 aromatic carbocycles. The lowest BCUT2D eigenvalue weighted by molar-refractivity contribution is 0.0689. The van der Waals surface area contributed by atoms with Crippen molar-refractivity contribution < 1.29 is 18.7 Å². The molecule has 0 fully saturated rings. The molecule has 0 aliphatic carbocycles. The maximum Gasteiger partial charge on any atom is 0.354 e. The van der Waals surface area contributed by atoms with Crippen LogP contribution < -0.4 is 0 Å². The van der Waals surface area contributed by atoms with Crippen molar-refractivity contribution in [3.63, 3.8) is 0 Å². The van der Waals surface area contributed by atoms with Crippen LogP contribution in [0.25, 0.3) is 0 Å². The van der Waals surface area contributed by atoms with Crippen LogP contribution in [0.15, 0.2) is 6.07 Å². The second-order valence-corrected chi connectivity index (χ2v) is 3.26. The van der Waals surface area contributed by atoms with E-state index in [4.69, 9.17) is 28.3 Å². The number of nitrogens with zero attached hydrogens (tertiary/aromatic N) is 1. The van der Waals surface area contributed by atoms with E-state index in [0.717, 1.165) is 6.07 Å². The predicted octanol–water partition coefficient (Wildman–Crippen LogP) is 3.11. The summed E-state index contributed by atoms with van der Waals surface area (Å²) in [6, 6.07) is 0.876. The van der Waals surface area contributed by atoms with Gasteiger partial charge in [0.05, 0.1) is 22.2 Å². The molecule has 82 valence electrons. The van der Waals surface area contributed by atoms with Crippen LogP contribution in [0.5, 0.6) is 0 Å². The lowest BCUT2D eigenvalue weighted by Crippen LogP contribution is -2.06. The number of alkyl halides is 3. The maximum absolute atomic E-state index is 12.5. The lowest BCUT2D eigenvalue weighted by atomic mass is 10.2. The van der Waals surface area contributed by atoms with E-state index in [2.05, 4.69) is 4.98 Å². The average Bonchev–Trinajstić information content (AvgIpc) is 2.15. The summed E-state index contributed by atoms with van der Waals surface area (Å²) in [6.07, 6.45) is -2.83. The third-order valence-corrected chi connectivity index (χ3v) is 2.22. The molecule has 0 aliphatic rings. The highest BCUT2D eigenvalue weighted by Gasteiger charge is 2.20. The first-order valence-corrected chi connectivity index (χ1v) is 4.65. The molecule has 0 bridgehead atoms. The van der Waals surface area contributed by atoms with Crippen LogP contribution in [0.4, 0.5) is 8.78 Å². The van der Waals surface area contributed by atoms with E-state index in [1.807, 2.05) is 0 Å². The zero-order valence-corrected chi connectivity index (χ0v) is 8.69. The van der Waals surface area contributed by atoms with Crippen molar-refractivity contribution in [3.8, 4) is 0 Å². The van der Waals surface area contributed by atoms with Gasteiger partial charge in [0.2, 0.25) is 0 Å². The maximum atomic E-state index is 12.5. The van der Waals surface area contributed by atoms with Crippen LogP contribution in [0.2, 0.25) is 5.02 Å². The van der Waals surface area contributed by atoms with Crippen LogP contribution in [0, 0.1) is 0 Å². The Kier molecular flexibility index (Phi) is 3.82. The number of halogens is 4. The van der Waals surface area contributed by atoms with Crippen LogP contribution in [0.1, 0.15) is 28.2 Å². The van der Waals surface area contributed by atoms with E-state index in [1.165, 1.54) is 0 Å². The van der Waals surface area contributed by atoms with Crippen molar-refractivity contribution in [2.24, 2.45) is 0 Å². The third kappa shape index (κ3) is 2.54. The molecule has 0 saturated carbocycles. The Morgan fingerprint density at radius 3 is 2.60 bits per heavy atom. The molecule has 15 heavy (non-hydrogen) atoms. The summed E-state index contributed by atoms with van der Waals surface area (Å²) in [5.74, 6) is -1.66. The van der Waals surface area contributed by atoms with Gasteiger partial charge >= 0.3 is 5.97 Å². The van der Waals surface area contributed by atoms with Gasteiger partial charge in [-0.3, -0.25) is 0 Å². The first-order valence-electron chi connectivity index (χ1n) is 3.74. The van der Waals surface area contributed by atoms with E-state index in [0.29, 0.717) is 0 Å². The van der Waals surface area contributed by atoms with Crippen molar-refractivity contribution in [3.05, 3.63) is 28.0 Å². The number of carboxylic acid groups (broad SMARTS) is 1. The topological polar surface area (TPSA) is 50.2 Å². The molecule has 0 saturated heterocycles. The Bertz CT molecular complexity index is 398. The van der Waals surface area contributed by atoms with Crippen LogP contribution >= 0.6 is 23.2 Å². The molecule has 0 spiro atoms. The smallest absolute Gasteiger partial charge is 0.354 e. The van der Waals surface area contributed by atoms with Gasteiger partial charge in [-0.15, -0.1) is 11.6 Å². The molecule has 0 radical (unpaired) electrons. The number of pyridine rings is 1. The summed E-state index contributed by atoms with van der Waals surface area (Å²) in [5, 5.41) is 8.27. The van der Waals surface area contributed by atoms with Crippen LogP contribution in [-0.2, 0) is 5.88 Å². The zero-order chi connectivity index (χ0) is 11.6. The molecule has 1 heterocycles. The molecule has 0 atom stereocenters. The molecule has 1 rings (SSSR count). The van der Waals surface area contributed by atoms with E-state index < -0.39 is 23.7 Å². The van der Waals surface area contributed by atoms with Gasteiger partial charge in [-0.1, -0.05) is 11.6 Å². The van der Waals surface area contributed by atoms with Crippen molar-refractivity contribution >= 4 is 29.2 Å². The summed E-state index contributed by atoms with van der Waals surface area (Å²) in [6.45, 7) is 0. The Hall–Kier alpha value is -0.940. The molecule has 3 nitrogen and oxygen atoms in total. The van der Waals surface area contributed by atoms with Gasteiger partial charge in [-0.05, 0) is 6.07 Å². The molecular weight excluding hydrogens is 251 g/mol. The van der Waals surface area contributed by atoms with E-state index >= 15 is 0 Å². The first-order chi connectivity index (χ1) is 6.97. The second kappa shape index (κ2) is 4.72. The second-order valence-electron chi connectivity index (χ2n) is 2.59. The molecule has 7 heteroatoms. The van der Waals surface area contributed by atoms with E-state index in [-0.39, 0.29) is 16.6 Å². The largest absolute Gasteiger partial charge is 0.477 e. The van der Waals surface area contributed by atoms with Crippen molar-refractivity contribution in [2.75, 3.05) is 0 Å². The van der Waals surface area contributed by atoms with Gasteiger partial charge in [-0.2, -0.15) is 0 Å². The zero-order valence-electron chi connectivity index (χ0n) is 7.18. The summed E-state index contributed by atoms with van der Waals surface area (Å²) < 4.78 is 25.0. The fourth-order valence-electron chi connectivity index (χ4n) is 1.02. The van der Waals surface area contributed by atoms with Crippen LogP contribution in [0.3, 0.4) is 0 Å². The van der Waals surface area contributed by atoms with Gasteiger partial charge in [0.25, 0.3) is 6.43 Å². The van der Waals surface area contributed by atoms with E-state index in [1.54, 1.807) is 0 Å². The summed E-state index contributed by atoms with van der Waals surface area (Å²) in [5.41, 5.74) is -1.13. The number of hydrogen-bond donors (Lipinski definition) is 1. The molecule has 1 N–H and O–H groups in total. The number of aromatic carboxylic acids is 1. The minimum atomic E-state index is -2.83. The number of hydrogen-bond acceptors (Lipinski definition) is 2. The summed E-state index contributed by atoms with van der Waals surface area (Å²) >= 11 is 10.9. The molecule has 0 unspecified atom stereocenters. The monoisotopic (exact) mass is 255 g/mol. The van der Waals surface area contributed by atoms with Gasteiger partial charge < -0.3 is 5.11 Å². The fourth-order valence-corrected chi connectivity index (χ4v) is 1.51. The highest BCUT2D eigenvalue weighted by Crippen LogP contribution is 2.30.